The molecular weight excluding hydrogens is 222 g/mol. The summed E-state index contributed by atoms with van der Waals surface area (Å²) in [5.41, 5.74) is 5.88. The number of H-pyrrole nitrogens is 1. The Kier molecular flexibility index (Phi) is 1.94. The van der Waals surface area contributed by atoms with Crippen LogP contribution in [0.25, 0.3) is 22.4 Å². The molecule has 0 atom stereocenters. The van der Waals surface area contributed by atoms with Crippen LogP contribution in [0.15, 0.2) is 42.5 Å². The number of para-hydroxylation sites is 2. The van der Waals surface area contributed by atoms with Crippen LogP contribution >= 0.6 is 0 Å². The van der Waals surface area contributed by atoms with Crippen molar-refractivity contribution in [3.05, 3.63) is 48.0 Å². The molecule has 0 fully saturated rings. The van der Waals surface area contributed by atoms with E-state index in [4.69, 9.17) is 0 Å². The van der Waals surface area contributed by atoms with E-state index in [2.05, 4.69) is 39.6 Å². The number of imidazole rings is 1. The van der Waals surface area contributed by atoms with Crippen LogP contribution in [0.4, 0.5) is 5.69 Å². The topological polar surface area (TPSA) is 40.7 Å². The van der Waals surface area contributed by atoms with E-state index in [1.807, 2.05) is 18.2 Å². The lowest BCUT2D eigenvalue weighted by Gasteiger charge is -2.02. The zero-order chi connectivity index (χ0) is 11.9. The van der Waals surface area contributed by atoms with Gasteiger partial charge in [0.1, 0.15) is 5.82 Å². The first kappa shape index (κ1) is 9.71. The predicted octanol–water partition coefficient (Wildman–Crippen LogP) is 3.20. The van der Waals surface area contributed by atoms with Crippen LogP contribution < -0.4 is 5.32 Å². The zero-order valence-corrected chi connectivity index (χ0v) is 9.90. The minimum Gasteiger partial charge on any atom is -0.384 e. The fourth-order valence-electron chi connectivity index (χ4n) is 2.53. The van der Waals surface area contributed by atoms with Crippen LogP contribution in [0.5, 0.6) is 0 Å². The molecule has 2 N–H and O–H groups in total. The van der Waals surface area contributed by atoms with Crippen molar-refractivity contribution < 1.29 is 0 Å². The van der Waals surface area contributed by atoms with Crippen molar-refractivity contribution in [2.75, 3.05) is 11.9 Å². The van der Waals surface area contributed by atoms with E-state index in [-0.39, 0.29) is 0 Å². The van der Waals surface area contributed by atoms with Gasteiger partial charge in [-0.05, 0) is 30.2 Å². The van der Waals surface area contributed by atoms with Gasteiger partial charge in [0.2, 0.25) is 0 Å². The Hall–Kier alpha value is -2.29. The second kappa shape index (κ2) is 3.60. The largest absolute Gasteiger partial charge is 0.384 e. The van der Waals surface area contributed by atoms with Gasteiger partial charge in [0.25, 0.3) is 0 Å². The number of aromatic nitrogens is 2. The number of aromatic amines is 1. The molecule has 0 aliphatic carbocycles. The Labute approximate surface area is 105 Å². The van der Waals surface area contributed by atoms with Crippen LogP contribution in [-0.4, -0.2) is 16.5 Å². The minimum atomic E-state index is 0.938. The maximum Gasteiger partial charge on any atom is 0.138 e. The fraction of sp³-hybridized carbons (Fsp3) is 0.133. The van der Waals surface area contributed by atoms with Crippen molar-refractivity contribution >= 4 is 16.7 Å². The average molecular weight is 235 g/mol. The number of benzene rings is 2. The average Bonchev–Trinajstić information content (AvgIpc) is 3.04. The van der Waals surface area contributed by atoms with Gasteiger partial charge < -0.3 is 10.3 Å². The standard InChI is InChI=1S/C15H13N3/c1-2-4-13-12(3-1)17-15(18-13)11-6-5-10-7-8-16-14(10)9-11/h1-6,9,16H,7-8H2,(H,17,18). The Morgan fingerprint density at radius 2 is 2.00 bits per heavy atom. The molecule has 1 aliphatic heterocycles. The molecule has 1 aromatic heterocycles. The molecule has 4 rings (SSSR count). The van der Waals surface area contributed by atoms with Crippen molar-refractivity contribution in [1.82, 2.24) is 9.97 Å². The third-order valence-corrected chi connectivity index (χ3v) is 3.48. The summed E-state index contributed by atoms with van der Waals surface area (Å²) < 4.78 is 0. The van der Waals surface area contributed by atoms with E-state index in [1.165, 1.54) is 11.3 Å². The summed E-state index contributed by atoms with van der Waals surface area (Å²) in [6.45, 7) is 1.04. The molecule has 0 spiro atoms. The van der Waals surface area contributed by atoms with Gasteiger partial charge >= 0.3 is 0 Å². The second-order valence-electron chi connectivity index (χ2n) is 4.65. The Morgan fingerprint density at radius 3 is 2.94 bits per heavy atom. The number of hydrogen-bond donors (Lipinski definition) is 2. The molecule has 0 radical (unpaired) electrons. The van der Waals surface area contributed by atoms with Gasteiger partial charge in [0.15, 0.2) is 0 Å². The maximum atomic E-state index is 4.63. The quantitative estimate of drug-likeness (QED) is 0.680. The highest BCUT2D eigenvalue weighted by molar-refractivity contribution is 5.80. The highest BCUT2D eigenvalue weighted by atomic mass is 14.9. The smallest absolute Gasteiger partial charge is 0.138 e. The summed E-state index contributed by atoms with van der Waals surface area (Å²) in [7, 11) is 0. The number of hydrogen-bond acceptors (Lipinski definition) is 2. The summed E-state index contributed by atoms with van der Waals surface area (Å²) in [6.07, 6.45) is 1.12. The summed E-state index contributed by atoms with van der Waals surface area (Å²) in [5, 5.41) is 3.40. The fourth-order valence-corrected chi connectivity index (χ4v) is 2.53. The third-order valence-electron chi connectivity index (χ3n) is 3.48. The molecule has 2 aromatic carbocycles. The number of fused-ring (bicyclic) bond motifs is 2. The van der Waals surface area contributed by atoms with Crippen molar-refractivity contribution in [3.63, 3.8) is 0 Å². The first-order valence-corrected chi connectivity index (χ1v) is 6.22. The van der Waals surface area contributed by atoms with Gasteiger partial charge in [-0.2, -0.15) is 0 Å². The SMILES string of the molecule is c1ccc2[nH]c(-c3ccc4c(c3)NCC4)nc2c1. The molecule has 1 aliphatic rings. The highest BCUT2D eigenvalue weighted by Crippen LogP contribution is 2.28. The van der Waals surface area contributed by atoms with Crippen molar-refractivity contribution in [1.29, 1.82) is 0 Å². The first-order valence-electron chi connectivity index (χ1n) is 6.22. The first-order chi connectivity index (χ1) is 8.90. The van der Waals surface area contributed by atoms with Crippen molar-refractivity contribution in [3.8, 4) is 11.4 Å². The van der Waals surface area contributed by atoms with Crippen LogP contribution in [-0.2, 0) is 6.42 Å². The zero-order valence-electron chi connectivity index (χ0n) is 9.90. The molecule has 0 saturated heterocycles. The molecule has 3 nitrogen and oxygen atoms in total. The lowest BCUT2D eigenvalue weighted by molar-refractivity contribution is 1.11. The molecule has 0 saturated carbocycles. The van der Waals surface area contributed by atoms with E-state index < -0.39 is 0 Å². The molecule has 0 unspecified atom stereocenters. The Balaban J connectivity index is 1.86. The number of nitrogens with one attached hydrogen (secondary N) is 2. The van der Waals surface area contributed by atoms with Gasteiger partial charge in [0, 0.05) is 17.8 Å². The van der Waals surface area contributed by atoms with E-state index in [9.17, 15) is 0 Å². The van der Waals surface area contributed by atoms with Crippen LogP contribution in [0.1, 0.15) is 5.56 Å². The summed E-state index contributed by atoms with van der Waals surface area (Å²) in [5.74, 6) is 0.938. The molecule has 2 heterocycles. The molecule has 88 valence electrons. The number of nitrogens with zero attached hydrogens (tertiary/aromatic N) is 1. The molecule has 3 aromatic rings. The van der Waals surface area contributed by atoms with Gasteiger partial charge in [-0.1, -0.05) is 24.3 Å². The molecule has 3 heteroatoms. The minimum absolute atomic E-state index is 0.938. The highest BCUT2D eigenvalue weighted by Gasteiger charge is 2.12. The van der Waals surface area contributed by atoms with Crippen LogP contribution in [0.3, 0.4) is 0 Å². The van der Waals surface area contributed by atoms with E-state index in [0.29, 0.717) is 0 Å². The van der Waals surface area contributed by atoms with Gasteiger partial charge in [-0.25, -0.2) is 4.98 Å². The monoisotopic (exact) mass is 235 g/mol. The van der Waals surface area contributed by atoms with E-state index in [1.54, 1.807) is 0 Å². The molecular formula is C15H13N3. The number of anilines is 1. The predicted molar refractivity (Wildman–Crippen MR) is 73.7 cm³/mol. The summed E-state index contributed by atoms with van der Waals surface area (Å²) >= 11 is 0. The van der Waals surface area contributed by atoms with Crippen LogP contribution in [0, 0.1) is 0 Å². The molecule has 0 bridgehead atoms. The van der Waals surface area contributed by atoms with Gasteiger partial charge in [-0.3, -0.25) is 0 Å². The third kappa shape index (κ3) is 1.40. The van der Waals surface area contributed by atoms with Gasteiger partial charge in [-0.15, -0.1) is 0 Å². The lowest BCUT2D eigenvalue weighted by atomic mass is 10.1. The Morgan fingerprint density at radius 1 is 1.06 bits per heavy atom. The number of rotatable bonds is 1. The molecule has 0 amide bonds. The Bertz CT molecular complexity index is 694. The summed E-state index contributed by atoms with van der Waals surface area (Å²) in [4.78, 5) is 7.99. The van der Waals surface area contributed by atoms with Crippen LogP contribution in [0.2, 0.25) is 0 Å². The maximum absolute atomic E-state index is 4.63. The normalized spacial score (nSPS) is 13.6. The lowest BCUT2D eigenvalue weighted by Crippen LogP contribution is -1.91. The summed E-state index contributed by atoms with van der Waals surface area (Å²) in [6, 6.07) is 14.6. The molecule has 18 heavy (non-hydrogen) atoms. The van der Waals surface area contributed by atoms with Crippen molar-refractivity contribution in [2.45, 2.75) is 6.42 Å². The van der Waals surface area contributed by atoms with Gasteiger partial charge in [0.05, 0.1) is 11.0 Å². The van der Waals surface area contributed by atoms with E-state index >= 15 is 0 Å². The second-order valence-corrected chi connectivity index (χ2v) is 4.65. The van der Waals surface area contributed by atoms with Crippen molar-refractivity contribution in [2.24, 2.45) is 0 Å². The van der Waals surface area contributed by atoms with E-state index in [0.717, 1.165) is 35.4 Å².